The molecule has 112 valence electrons. The Kier molecular flexibility index (Phi) is 5.80. The van der Waals surface area contributed by atoms with E-state index in [-0.39, 0.29) is 0 Å². The molecular formula is C16H27N3O. The highest BCUT2D eigenvalue weighted by molar-refractivity contribution is 5.46. The molecule has 1 aromatic rings. The molecule has 20 heavy (non-hydrogen) atoms. The van der Waals surface area contributed by atoms with Crippen LogP contribution in [0.3, 0.4) is 0 Å². The number of hydrogen-bond acceptors (Lipinski definition) is 4. The van der Waals surface area contributed by atoms with Gasteiger partial charge in [0.15, 0.2) is 0 Å². The summed E-state index contributed by atoms with van der Waals surface area (Å²) in [6.07, 6.45) is 5.72. The number of pyridine rings is 1. The topological polar surface area (TPSA) is 28.6 Å². The predicted octanol–water partition coefficient (Wildman–Crippen LogP) is 2.33. The number of hydrogen-bond donors (Lipinski definition) is 0. The Hall–Kier alpha value is -1.13. The average molecular weight is 277 g/mol. The molecule has 1 aliphatic rings. The Morgan fingerprint density at radius 3 is 2.75 bits per heavy atom. The lowest BCUT2D eigenvalue weighted by atomic mass is 10.1. The summed E-state index contributed by atoms with van der Waals surface area (Å²) in [5.41, 5.74) is 2.38. The van der Waals surface area contributed by atoms with Gasteiger partial charge in [-0.3, -0.25) is 4.98 Å². The van der Waals surface area contributed by atoms with Crippen LogP contribution >= 0.6 is 0 Å². The Balaban J connectivity index is 1.70. The molecule has 0 aromatic carbocycles. The normalized spacial score (nSPS) is 16.9. The van der Waals surface area contributed by atoms with Crippen molar-refractivity contribution in [3.05, 3.63) is 24.0 Å². The molecule has 0 atom stereocenters. The minimum atomic E-state index is 0.441. The fraction of sp³-hybridized carbons (Fsp3) is 0.688. The van der Waals surface area contributed by atoms with Gasteiger partial charge in [0.05, 0.1) is 6.10 Å². The standard InChI is InChI=1S/C16H27N3O/c1-14-13-15(5-8-17-14)19-10-6-16(7-11-19)20-12-4-9-18(2)3/h5,8,13,16H,4,6-7,9-12H2,1-3H3. The second kappa shape index (κ2) is 7.60. The Morgan fingerprint density at radius 1 is 1.35 bits per heavy atom. The summed E-state index contributed by atoms with van der Waals surface area (Å²) in [4.78, 5) is 8.90. The predicted molar refractivity (Wildman–Crippen MR) is 83.3 cm³/mol. The van der Waals surface area contributed by atoms with Crippen molar-refractivity contribution < 1.29 is 4.74 Å². The van der Waals surface area contributed by atoms with Crippen molar-refractivity contribution in [2.24, 2.45) is 0 Å². The van der Waals surface area contributed by atoms with Crippen LogP contribution in [0.1, 0.15) is 25.0 Å². The average Bonchev–Trinajstić information content (AvgIpc) is 2.44. The van der Waals surface area contributed by atoms with E-state index in [1.165, 1.54) is 5.69 Å². The molecule has 2 rings (SSSR count). The summed E-state index contributed by atoms with van der Waals surface area (Å²) in [5.74, 6) is 0. The number of aryl methyl sites for hydroxylation is 1. The second-order valence-corrected chi connectivity index (χ2v) is 5.87. The number of piperidine rings is 1. The van der Waals surface area contributed by atoms with Crippen LogP contribution in [0.2, 0.25) is 0 Å². The minimum absolute atomic E-state index is 0.441. The third-order valence-electron chi connectivity index (χ3n) is 3.79. The van der Waals surface area contributed by atoms with E-state index >= 15 is 0 Å². The molecule has 0 N–H and O–H groups in total. The van der Waals surface area contributed by atoms with Crippen LogP contribution in [0.5, 0.6) is 0 Å². The molecule has 0 amide bonds. The van der Waals surface area contributed by atoms with Crippen molar-refractivity contribution >= 4 is 5.69 Å². The largest absolute Gasteiger partial charge is 0.378 e. The quantitative estimate of drug-likeness (QED) is 0.746. The van der Waals surface area contributed by atoms with Crippen molar-refractivity contribution in [3.63, 3.8) is 0 Å². The lowest BCUT2D eigenvalue weighted by Gasteiger charge is -2.33. The molecule has 1 saturated heterocycles. The third kappa shape index (κ3) is 4.76. The molecule has 1 aliphatic heterocycles. The van der Waals surface area contributed by atoms with E-state index in [0.29, 0.717) is 6.10 Å². The van der Waals surface area contributed by atoms with Crippen LogP contribution < -0.4 is 4.90 Å². The molecule has 0 bridgehead atoms. The molecule has 1 fully saturated rings. The van der Waals surface area contributed by atoms with Gasteiger partial charge < -0.3 is 14.5 Å². The minimum Gasteiger partial charge on any atom is -0.378 e. The van der Waals surface area contributed by atoms with Crippen LogP contribution in [-0.2, 0) is 4.74 Å². The van der Waals surface area contributed by atoms with Gasteiger partial charge in [-0.1, -0.05) is 0 Å². The number of ether oxygens (including phenoxy) is 1. The first-order chi connectivity index (χ1) is 9.65. The van der Waals surface area contributed by atoms with Crippen LogP contribution in [0.25, 0.3) is 0 Å². The summed E-state index contributed by atoms with van der Waals surface area (Å²) in [7, 11) is 4.21. The maximum Gasteiger partial charge on any atom is 0.0608 e. The second-order valence-electron chi connectivity index (χ2n) is 5.87. The van der Waals surface area contributed by atoms with Crippen molar-refractivity contribution in [1.82, 2.24) is 9.88 Å². The van der Waals surface area contributed by atoms with Crippen LogP contribution in [0.4, 0.5) is 5.69 Å². The van der Waals surface area contributed by atoms with Crippen molar-refractivity contribution in [3.8, 4) is 0 Å². The molecule has 2 heterocycles. The van der Waals surface area contributed by atoms with Crippen molar-refractivity contribution in [2.45, 2.75) is 32.3 Å². The fourth-order valence-electron chi connectivity index (χ4n) is 2.64. The van der Waals surface area contributed by atoms with Gasteiger partial charge in [0, 0.05) is 37.3 Å². The first-order valence-corrected chi connectivity index (χ1v) is 7.59. The molecule has 0 spiro atoms. The zero-order chi connectivity index (χ0) is 14.4. The summed E-state index contributed by atoms with van der Waals surface area (Å²) in [6.45, 7) is 6.21. The first kappa shape index (κ1) is 15.3. The van der Waals surface area contributed by atoms with E-state index < -0.39 is 0 Å². The highest BCUT2D eigenvalue weighted by atomic mass is 16.5. The van der Waals surface area contributed by atoms with E-state index in [4.69, 9.17) is 4.74 Å². The molecule has 0 saturated carbocycles. The van der Waals surface area contributed by atoms with Gasteiger partial charge in [-0.15, -0.1) is 0 Å². The van der Waals surface area contributed by atoms with E-state index in [2.05, 4.69) is 41.0 Å². The summed E-state index contributed by atoms with van der Waals surface area (Å²) in [6, 6.07) is 4.27. The highest BCUT2D eigenvalue weighted by Crippen LogP contribution is 2.21. The monoisotopic (exact) mass is 277 g/mol. The smallest absolute Gasteiger partial charge is 0.0608 e. The van der Waals surface area contributed by atoms with Crippen LogP contribution in [-0.4, -0.2) is 56.3 Å². The fourth-order valence-corrected chi connectivity index (χ4v) is 2.64. The number of nitrogens with zero attached hydrogens (tertiary/aromatic N) is 3. The number of rotatable bonds is 6. The lowest BCUT2D eigenvalue weighted by molar-refractivity contribution is 0.0333. The first-order valence-electron chi connectivity index (χ1n) is 7.59. The lowest BCUT2D eigenvalue weighted by Crippen LogP contribution is -2.37. The molecule has 0 radical (unpaired) electrons. The van der Waals surface area contributed by atoms with Gasteiger partial charge in [0.1, 0.15) is 0 Å². The highest BCUT2D eigenvalue weighted by Gasteiger charge is 2.19. The number of anilines is 1. The molecule has 4 nitrogen and oxygen atoms in total. The molecule has 1 aromatic heterocycles. The Morgan fingerprint density at radius 2 is 2.10 bits per heavy atom. The van der Waals surface area contributed by atoms with E-state index in [0.717, 1.165) is 51.2 Å². The van der Waals surface area contributed by atoms with Gasteiger partial charge in [0.25, 0.3) is 0 Å². The van der Waals surface area contributed by atoms with Crippen molar-refractivity contribution in [2.75, 3.05) is 45.2 Å². The number of aromatic nitrogens is 1. The summed E-state index contributed by atoms with van der Waals surface area (Å²) in [5, 5.41) is 0. The molecular weight excluding hydrogens is 250 g/mol. The molecule has 0 aliphatic carbocycles. The third-order valence-corrected chi connectivity index (χ3v) is 3.79. The van der Waals surface area contributed by atoms with Crippen LogP contribution in [0, 0.1) is 6.92 Å². The van der Waals surface area contributed by atoms with Gasteiger partial charge in [-0.05, 0) is 59.0 Å². The summed E-state index contributed by atoms with van der Waals surface area (Å²) < 4.78 is 5.98. The van der Waals surface area contributed by atoms with Gasteiger partial charge in [-0.2, -0.15) is 0 Å². The van der Waals surface area contributed by atoms with Gasteiger partial charge in [0.2, 0.25) is 0 Å². The zero-order valence-electron chi connectivity index (χ0n) is 13.0. The Bertz CT molecular complexity index is 400. The summed E-state index contributed by atoms with van der Waals surface area (Å²) >= 11 is 0. The molecule has 4 heteroatoms. The Labute approximate surface area is 122 Å². The van der Waals surface area contributed by atoms with E-state index in [1.54, 1.807) is 0 Å². The van der Waals surface area contributed by atoms with Crippen molar-refractivity contribution in [1.29, 1.82) is 0 Å². The van der Waals surface area contributed by atoms with E-state index in [1.807, 2.05) is 13.1 Å². The van der Waals surface area contributed by atoms with Gasteiger partial charge >= 0.3 is 0 Å². The van der Waals surface area contributed by atoms with Gasteiger partial charge in [-0.25, -0.2) is 0 Å². The maximum absolute atomic E-state index is 5.98. The maximum atomic E-state index is 5.98. The zero-order valence-corrected chi connectivity index (χ0v) is 13.0. The van der Waals surface area contributed by atoms with Crippen LogP contribution in [0.15, 0.2) is 18.3 Å². The van der Waals surface area contributed by atoms with E-state index in [9.17, 15) is 0 Å². The molecule has 0 unspecified atom stereocenters. The SMILES string of the molecule is Cc1cc(N2CCC(OCCCN(C)C)CC2)ccn1.